The molecule has 0 saturated carbocycles. The highest BCUT2D eigenvalue weighted by molar-refractivity contribution is 6.30. The Morgan fingerprint density at radius 3 is 2.83 bits per heavy atom. The lowest BCUT2D eigenvalue weighted by Gasteiger charge is -2.24. The second kappa shape index (κ2) is 8.85. The van der Waals surface area contributed by atoms with Gasteiger partial charge in [-0.3, -0.25) is 9.59 Å². The quantitative estimate of drug-likeness (QED) is 0.527. The third-order valence-electron chi connectivity index (χ3n) is 5.46. The minimum absolute atomic E-state index is 0.0607. The van der Waals surface area contributed by atoms with Crippen molar-refractivity contribution in [2.75, 3.05) is 19.7 Å². The zero-order valence-corrected chi connectivity index (χ0v) is 17.1. The van der Waals surface area contributed by atoms with Crippen LogP contribution in [-0.4, -0.2) is 57.5 Å². The van der Waals surface area contributed by atoms with Gasteiger partial charge in [-0.2, -0.15) is 0 Å². The van der Waals surface area contributed by atoms with Crippen LogP contribution in [0.2, 0.25) is 5.15 Å². The number of hydrogen-bond donors (Lipinski definition) is 3. The fraction of sp³-hybridized carbons (Fsp3) is 0.318. The van der Waals surface area contributed by atoms with E-state index in [1.807, 2.05) is 30.3 Å². The molecular weight excluding hydrogens is 404 g/mol. The number of aliphatic hydroxyl groups excluding tert-OH is 1. The van der Waals surface area contributed by atoms with Crippen LogP contribution < -0.4 is 5.32 Å². The molecule has 7 nitrogen and oxygen atoms in total. The molecule has 2 atom stereocenters. The summed E-state index contributed by atoms with van der Waals surface area (Å²) in [6, 6.07) is 12.3. The van der Waals surface area contributed by atoms with Crippen molar-refractivity contribution in [3.05, 3.63) is 65.1 Å². The zero-order chi connectivity index (χ0) is 21.1. The number of halogens is 1. The summed E-state index contributed by atoms with van der Waals surface area (Å²) in [5.41, 5.74) is 2.00. The van der Waals surface area contributed by atoms with Gasteiger partial charge in [0, 0.05) is 37.4 Å². The van der Waals surface area contributed by atoms with Crippen LogP contribution in [0.5, 0.6) is 0 Å². The van der Waals surface area contributed by atoms with Crippen molar-refractivity contribution in [1.29, 1.82) is 0 Å². The van der Waals surface area contributed by atoms with Crippen LogP contribution in [0.15, 0.2) is 48.7 Å². The van der Waals surface area contributed by atoms with Crippen LogP contribution in [0.25, 0.3) is 10.9 Å². The number of fused-ring (bicyclic) bond motifs is 1. The maximum Gasteiger partial charge on any atom is 0.268 e. The molecule has 2 amide bonds. The largest absolute Gasteiger partial charge is 0.396 e. The van der Waals surface area contributed by atoms with Crippen LogP contribution in [0.4, 0.5) is 0 Å². The number of benzene rings is 1. The number of aliphatic hydroxyl groups is 1. The van der Waals surface area contributed by atoms with Crippen molar-refractivity contribution in [2.45, 2.75) is 18.9 Å². The summed E-state index contributed by atoms with van der Waals surface area (Å²) in [5.74, 6) is -0.411. The maximum absolute atomic E-state index is 13.2. The third-order valence-corrected chi connectivity index (χ3v) is 5.66. The highest BCUT2D eigenvalue weighted by Gasteiger charge is 2.32. The monoisotopic (exact) mass is 426 g/mol. The van der Waals surface area contributed by atoms with E-state index in [2.05, 4.69) is 15.3 Å². The zero-order valence-electron chi connectivity index (χ0n) is 16.3. The van der Waals surface area contributed by atoms with Crippen molar-refractivity contribution in [2.24, 2.45) is 5.92 Å². The van der Waals surface area contributed by atoms with Gasteiger partial charge in [-0.15, -0.1) is 0 Å². The number of aromatic nitrogens is 2. The van der Waals surface area contributed by atoms with Crippen molar-refractivity contribution in [1.82, 2.24) is 20.2 Å². The van der Waals surface area contributed by atoms with E-state index in [0.29, 0.717) is 35.9 Å². The molecular formula is C22H23ClN4O3. The van der Waals surface area contributed by atoms with Crippen molar-refractivity contribution < 1.29 is 14.7 Å². The summed E-state index contributed by atoms with van der Waals surface area (Å²) in [5, 5.41) is 13.4. The highest BCUT2D eigenvalue weighted by atomic mass is 35.5. The minimum Gasteiger partial charge on any atom is -0.396 e. The van der Waals surface area contributed by atoms with Gasteiger partial charge >= 0.3 is 0 Å². The topological polar surface area (TPSA) is 98.3 Å². The minimum atomic E-state index is -0.703. The lowest BCUT2D eigenvalue weighted by atomic mass is 10.0. The predicted octanol–water partition coefficient (Wildman–Crippen LogP) is 2.40. The Morgan fingerprint density at radius 1 is 1.30 bits per heavy atom. The van der Waals surface area contributed by atoms with Crippen molar-refractivity contribution in [3.63, 3.8) is 0 Å². The lowest BCUT2D eigenvalue weighted by Crippen LogP contribution is -2.49. The standard InChI is InChI=1S/C22H23ClN4O3/c23-20-10-16-9-17(25-19(16)11-24-20)21(29)26-18(8-14-4-2-1-3-5-14)22(30)27-7-6-15(12-27)13-28/h1-5,9-11,15,18,25,28H,6-8,12-13H2,(H,26,29)/t15-,18+/m1/s1. The summed E-state index contributed by atoms with van der Waals surface area (Å²) < 4.78 is 0. The van der Waals surface area contributed by atoms with Crippen molar-refractivity contribution >= 4 is 34.3 Å². The number of nitrogens with one attached hydrogen (secondary N) is 2. The van der Waals surface area contributed by atoms with Gasteiger partial charge in [0.2, 0.25) is 5.91 Å². The molecule has 0 unspecified atom stereocenters. The number of rotatable bonds is 6. The SMILES string of the molecule is O=C(N[C@@H](Cc1ccccc1)C(=O)N1CC[C@@H](CO)C1)c1cc2cc(Cl)ncc2[nH]1. The number of carbonyl (C=O) groups is 2. The fourth-order valence-corrected chi connectivity index (χ4v) is 3.98. The molecule has 0 spiro atoms. The molecule has 4 rings (SSSR count). The summed E-state index contributed by atoms with van der Waals surface area (Å²) in [6.07, 6.45) is 2.73. The fourth-order valence-electron chi connectivity index (χ4n) is 3.82. The molecule has 1 saturated heterocycles. The molecule has 1 aliphatic heterocycles. The number of H-pyrrole nitrogens is 1. The lowest BCUT2D eigenvalue weighted by molar-refractivity contribution is -0.132. The molecule has 3 aromatic rings. The molecule has 8 heteroatoms. The van der Waals surface area contributed by atoms with E-state index >= 15 is 0 Å². The molecule has 0 aliphatic carbocycles. The average Bonchev–Trinajstić information content (AvgIpc) is 3.40. The first-order valence-electron chi connectivity index (χ1n) is 9.92. The first-order chi connectivity index (χ1) is 14.5. The number of aromatic amines is 1. The van der Waals surface area contributed by atoms with Crippen LogP contribution in [0, 0.1) is 5.92 Å². The predicted molar refractivity (Wildman–Crippen MR) is 114 cm³/mol. The van der Waals surface area contributed by atoms with Gasteiger partial charge in [0.05, 0.1) is 11.7 Å². The Hall–Kier alpha value is -2.90. The van der Waals surface area contributed by atoms with Gasteiger partial charge < -0.3 is 20.3 Å². The van der Waals surface area contributed by atoms with E-state index in [-0.39, 0.29) is 24.3 Å². The molecule has 2 aromatic heterocycles. The first-order valence-corrected chi connectivity index (χ1v) is 10.3. The van der Waals surface area contributed by atoms with Crippen molar-refractivity contribution in [3.8, 4) is 0 Å². The molecule has 1 aromatic carbocycles. The van der Waals surface area contributed by atoms with E-state index in [1.54, 1.807) is 23.2 Å². The number of hydrogen-bond acceptors (Lipinski definition) is 4. The van der Waals surface area contributed by atoms with E-state index < -0.39 is 6.04 Å². The Kier molecular flexibility index (Phi) is 6.01. The normalized spacial score (nSPS) is 17.3. The summed E-state index contributed by atoms with van der Waals surface area (Å²) in [6.45, 7) is 1.15. The van der Waals surface area contributed by atoms with Crippen LogP contribution >= 0.6 is 11.6 Å². The molecule has 156 valence electrons. The van der Waals surface area contributed by atoms with Crippen LogP contribution in [0.3, 0.4) is 0 Å². The second-order valence-electron chi connectivity index (χ2n) is 7.61. The second-order valence-corrected chi connectivity index (χ2v) is 8.00. The van der Waals surface area contributed by atoms with Crippen LogP contribution in [-0.2, 0) is 11.2 Å². The first kappa shape index (κ1) is 20.4. The third kappa shape index (κ3) is 4.47. The Bertz CT molecular complexity index is 1050. The van der Waals surface area contributed by atoms with Gasteiger partial charge in [0.25, 0.3) is 5.91 Å². The molecule has 30 heavy (non-hydrogen) atoms. The van der Waals surface area contributed by atoms with E-state index in [4.69, 9.17) is 11.6 Å². The smallest absolute Gasteiger partial charge is 0.268 e. The van der Waals surface area contributed by atoms with Gasteiger partial charge in [0.1, 0.15) is 16.9 Å². The molecule has 0 radical (unpaired) electrons. The Morgan fingerprint density at radius 2 is 2.10 bits per heavy atom. The van der Waals surface area contributed by atoms with Crippen LogP contribution in [0.1, 0.15) is 22.5 Å². The average molecular weight is 427 g/mol. The summed E-state index contributed by atoms with van der Waals surface area (Å²) in [7, 11) is 0. The van der Waals surface area contributed by atoms with Gasteiger partial charge in [-0.05, 0) is 24.1 Å². The van der Waals surface area contributed by atoms with E-state index in [1.165, 1.54) is 0 Å². The number of nitrogens with zero attached hydrogens (tertiary/aromatic N) is 2. The summed E-state index contributed by atoms with van der Waals surface area (Å²) in [4.78, 5) is 34.9. The molecule has 1 aliphatic rings. The Labute approximate surface area is 179 Å². The number of amides is 2. The van der Waals surface area contributed by atoms with E-state index in [0.717, 1.165) is 17.4 Å². The number of pyridine rings is 1. The molecule has 3 heterocycles. The number of likely N-dealkylation sites (tertiary alicyclic amines) is 1. The summed E-state index contributed by atoms with van der Waals surface area (Å²) >= 11 is 5.93. The highest BCUT2D eigenvalue weighted by Crippen LogP contribution is 2.20. The molecule has 3 N–H and O–H groups in total. The van der Waals surface area contributed by atoms with E-state index in [9.17, 15) is 14.7 Å². The molecule has 0 bridgehead atoms. The maximum atomic E-state index is 13.2. The Balaban J connectivity index is 1.54. The number of carbonyl (C=O) groups excluding carboxylic acids is 2. The van der Waals surface area contributed by atoms with Gasteiger partial charge in [0.15, 0.2) is 0 Å². The van der Waals surface area contributed by atoms with Gasteiger partial charge in [-0.1, -0.05) is 41.9 Å². The van der Waals surface area contributed by atoms with Gasteiger partial charge in [-0.25, -0.2) is 4.98 Å². The molecule has 1 fully saturated rings.